The fourth-order valence-electron chi connectivity index (χ4n) is 3.48. The third-order valence-electron chi connectivity index (χ3n) is 4.84. The number of methoxy groups -OCH3 is 1. The highest BCUT2D eigenvalue weighted by Gasteiger charge is 2.28. The van der Waals surface area contributed by atoms with Gasteiger partial charge in [0.2, 0.25) is 5.91 Å². The number of carbonyl (C=O) groups is 1. The van der Waals surface area contributed by atoms with Crippen LogP contribution in [0.1, 0.15) is 23.4 Å². The number of ether oxygens (including phenoxy) is 1. The number of benzene rings is 1. The van der Waals surface area contributed by atoms with E-state index in [1.54, 1.807) is 7.11 Å². The standard InChI is InChI=1S/C20H21N3O2/c1-13-8-9-23-18-11-14(6-7-17(18)22-19(23)10-13)20(24)21-15-4-3-5-16(12-15)25-2/h3-5,8-10,12,14H,6-7,11H2,1-2H3,(H,21,24). The number of rotatable bonds is 3. The van der Waals surface area contributed by atoms with Crippen molar-refractivity contribution in [2.24, 2.45) is 5.92 Å². The molecule has 2 aromatic heterocycles. The number of anilines is 1. The van der Waals surface area contributed by atoms with Crippen LogP contribution in [0.2, 0.25) is 0 Å². The molecule has 4 rings (SSSR count). The summed E-state index contributed by atoms with van der Waals surface area (Å²) < 4.78 is 7.33. The Balaban J connectivity index is 1.55. The van der Waals surface area contributed by atoms with Crippen LogP contribution in [-0.2, 0) is 17.6 Å². The lowest BCUT2D eigenvalue weighted by molar-refractivity contribution is -0.120. The summed E-state index contributed by atoms with van der Waals surface area (Å²) in [6.07, 6.45) is 4.44. The van der Waals surface area contributed by atoms with Gasteiger partial charge in [0.15, 0.2) is 0 Å². The summed E-state index contributed by atoms with van der Waals surface area (Å²) in [6, 6.07) is 11.6. The predicted octanol–water partition coefficient (Wildman–Crippen LogP) is 3.39. The van der Waals surface area contributed by atoms with E-state index in [1.165, 1.54) is 5.56 Å². The second-order valence-electron chi connectivity index (χ2n) is 6.60. The van der Waals surface area contributed by atoms with E-state index >= 15 is 0 Å². The summed E-state index contributed by atoms with van der Waals surface area (Å²) in [6.45, 7) is 2.07. The van der Waals surface area contributed by atoms with Crippen LogP contribution < -0.4 is 10.1 Å². The Bertz CT molecular complexity index is 945. The van der Waals surface area contributed by atoms with Gasteiger partial charge in [-0.3, -0.25) is 4.79 Å². The molecule has 2 heterocycles. The first-order chi connectivity index (χ1) is 12.1. The molecule has 1 N–H and O–H groups in total. The van der Waals surface area contributed by atoms with Crippen LogP contribution >= 0.6 is 0 Å². The van der Waals surface area contributed by atoms with Crippen molar-refractivity contribution in [3.05, 3.63) is 59.5 Å². The first-order valence-electron chi connectivity index (χ1n) is 8.55. The van der Waals surface area contributed by atoms with Crippen LogP contribution in [0.15, 0.2) is 42.6 Å². The molecule has 1 unspecified atom stereocenters. The van der Waals surface area contributed by atoms with E-state index in [9.17, 15) is 4.79 Å². The lowest BCUT2D eigenvalue weighted by Crippen LogP contribution is -2.28. The van der Waals surface area contributed by atoms with Gasteiger partial charge in [-0.05, 0) is 49.6 Å². The molecule has 0 bridgehead atoms. The number of nitrogens with zero attached hydrogens (tertiary/aromatic N) is 2. The summed E-state index contributed by atoms with van der Waals surface area (Å²) in [4.78, 5) is 17.4. The van der Waals surface area contributed by atoms with Crippen LogP contribution in [0.4, 0.5) is 5.69 Å². The van der Waals surface area contributed by atoms with Gasteiger partial charge in [-0.2, -0.15) is 0 Å². The molecule has 1 aliphatic carbocycles. The van der Waals surface area contributed by atoms with E-state index in [1.807, 2.05) is 24.3 Å². The monoisotopic (exact) mass is 335 g/mol. The van der Waals surface area contributed by atoms with Gasteiger partial charge in [-0.15, -0.1) is 0 Å². The molecular formula is C20H21N3O2. The number of hydrogen-bond acceptors (Lipinski definition) is 3. The Morgan fingerprint density at radius 3 is 3.04 bits per heavy atom. The minimum absolute atomic E-state index is 0.0418. The van der Waals surface area contributed by atoms with Crippen LogP contribution in [0.3, 0.4) is 0 Å². The van der Waals surface area contributed by atoms with Gasteiger partial charge in [-0.1, -0.05) is 6.07 Å². The highest BCUT2D eigenvalue weighted by atomic mass is 16.5. The molecule has 1 amide bonds. The minimum Gasteiger partial charge on any atom is -0.497 e. The molecule has 5 heteroatoms. The highest BCUT2D eigenvalue weighted by molar-refractivity contribution is 5.93. The van der Waals surface area contributed by atoms with Crippen molar-refractivity contribution in [2.45, 2.75) is 26.2 Å². The van der Waals surface area contributed by atoms with E-state index in [0.29, 0.717) is 0 Å². The lowest BCUT2D eigenvalue weighted by atomic mass is 9.89. The lowest BCUT2D eigenvalue weighted by Gasteiger charge is -2.21. The summed E-state index contributed by atoms with van der Waals surface area (Å²) in [5.74, 6) is 0.752. The van der Waals surface area contributed by atoms with E-state index < -0.39 is 0 Å². The van der Waals surface area contributed by atoms with Crippen molar-refractivity contribution in [1.29, 1.82) is 0 Å². The van der Waals surface area contributed by atoms with Crippen molar-refractivity contribution < 1.29 is 9.53 Å². The van der Waals surface area contributed by atoms with Crippen LogP contribution in [0.25, 0.3) is 5.65 Å². The number of aromatic nitrogens is 2. The van der Waals surface area contributed by atoms with Gasteiger partial charge < -0.3 is 14.5 Å². The maximum absolute atomic E-state index is 12.7. The second-order valence-corrected chi connectivity index (χ2v) is 6.60. The SMILES string of the molecule is COc1cccc(NC(=O)C2CCc3nc4cc(C)ccn4c3C2)c1. The fraction of sp³-hybridized carbons (Fsp3) is 0.300. The van der Waals surface area contributed by atoms with E-state index in [2.05, 4.69) is 35.0 Å². The molecule has 1 atom stereocenters. The first kappa shape index (κ1) is 15.7. The molecule has 25 heavy (non-hydrogen) atoms. The largest absolute Gasteiger partial charge is 0.497 e. The van der Waals surface area contributed by atoms with Crippen LogP contribution in [0.5, 0.6) is 5.75 Å². The second kappa shape index (κ2) is 6.24. The Morgan fingerprint density at radius 2 is 2.20 bits per heavy atom. The first-order valence-corrected chi connectivity index (χ1v) is 8.55. The minimum atomic E-state index is -0.0418. The summed E-state index contributed by atoms with van der Waals surface area (Å²) in [7, 11) is 1.62. The van der Waals surface area contributed by atoms with Gasteiger partial charge in [-0.25, -0.2) is 4.98 Å². The number of imidazole rings is 1. The van der Waals surface area contributed by atoms with Crippen molar-refractivity contribution in [1.82, 2.24) is 9.38 Å². The van der Waals surface area contributed by atoms with Crippen molar-refractivity contribution in [3.8, 4) is 5.75 Å². The van der Waals surface area contributed by atoms with Crippen LogP contribution in [0, 0.1) is 12.8 Å². The quantitative estimate of drug-likeness (QED) is 0.798. The fourth-order valence-corrected chi connectivity index (χ4v) is 3.48. The van der Waals surface area contributed by atoms with Gasteiger partial charge in [0.05, 0.1) is 12.8 Å². The van der Waals surface area contributed by atoms with E-state index in [4.69, 9.17) is 9.72 Å². The Labute approximate surface area is 146 Å². The molecule has 128 valence electrons. The van der Waals surface area contributed by atoms with Crippen LogP contribution in [-0.4, -0.2) is 22.4 Å². The maximum Gasteiger partial charge on any atom is 0.227 e. The molecule has 0 aliphatic heterocycles. The molecule has 0 saturated heterocycles. The number of nitrogens with one attached hydrogen (secondary N) is 1. The molecule has 0 saturated carbocycles. The highest BCUT2D eigenvalue weighted by Crippen LogP contribution is 2.28. The molecule has 5 nitrogen and oxygen atoms in total. The number of aryl methyl sites for hydroxylation is 2. The summed E-state index contributed by atoms with van der Waals surface area (Å²) >= 11 is 0. The molecule has 1 aromatic carbocycles. The topological polar surface area (TPSA) is 55.6 Å². The zero-order chi connectivity index (χ0) is 17.4. The number of hydrogen-bond donors (Lipinski definition) is 1. The Kier molecular flexibility index (Phi) is 3.92. The predicted molar refractivity (Wildman–Crippen MR) is 97.1 cm³/mol. The third kappa shape index (κ3) is 2.97. The Morgan fingerprint density at radius 1 is 1.32 bits per heavy atom. The van der Waals surface area contributed by atoms with Gasteiger partial charge >= 0.3 is 0 Å². The van der Waals surface area contributed by atoms with Crippen molar-refractivity contribution in [3.63, 3.8) is 0 Å². The molecule has 1 aliphatic rings. The molecule has 0 fully saturated rings. The summed E-state index contributed by atoms with van der Waals surface area (Å²) in [5.41, 5.74) is 5.22. The van der Waals surface area contributed by atoms with Crippen molar-refractivity contribution >= 4 is 17.2 Å². The van der Waals surface area contributed by atoms with E-state index in [-0.39, 0.29) is 11.8 Å². The van der Waals surface area contributed by atoms with Gasteiger partial charge in [0, 0.05) is 36.0 Å². The molecular weight excluding hydrogens is 314 g/mol. The third-order valence-corrected chi connectivity index (χ3v) is 4.84. The number of pyridine rings is 1. The average Bonchev–Trinajstić information content (AvgIpc) is 2.98. The zero-order valence-corrected chi connectivity index (χ0v) is 14.5. The zero-order valence-electron chi connectivity index (χ0n) is 14.5. The van der Waals surface area contributed by atoms with Crippen molar-refractivity contribution in [2.75, 3.05) is 12.4 Å². The summed E-state index contributed by atoms with van der Waals surface area (Å²) in [5, 5.41) is 3.02. The maximum atomic E-state index is 12.7. The number of amides is 1. The molecule has 0 spiro atoms. The Hall–Kier alpha value is -2.82. The van der Waals surface area contributed by atoms with E-state index in [0.717, 1.165) is 47.7 Å². The average molecular weight is 335 g/mol. The van der Waals surface area contributed by atoms with Gasteiger partial charge in [0.25, 0.3) is 0 Å². The number of fused-ring (bicyclic) bond motifs is 3. The van der Waals surface area contributed by atoms with Gasteiger partial charge in [0.1, 0.15) is 11.4 Å². The molecule has 3 aromatic rings. The normalized spacial score (nSPS) is 16.5. The number of carbonyl (C=O) groups excluding carboxylic acids is 1. The smallest absolute Gasteiger partial charge is 0.227 e. The molecule has 0 radical (unpaired) electrons.